The fraction of sp³-hybridized carbons (Fsp3) is 0.417. The number of Topliss-reactive ketones (excluding diaryl/α,β-unsaturated/α-hetero) is 1. The van der Waals surface area contributed by atoms with E-state index in [1.165, 1.54) is 20.1 Å². The molecule has 0 aliphatic heterocycles. The van der Waals surface area contributed by atoms with E-state index in [-0.39, 0.29) is 18.0 Å². The summed E-state index contributed by atoms with van der Waals surface area (Å²) >= 11 is 0. The molecule has 0 N–H and O–H groups in total. The molecule has 100 valence electrons. The van der Waals surface area contributed by atoms with Crippen LogP contribution in [0.15, 0.2) is 12.1 Å². The van der Waals surface area contributed by atoms with Crippen LogP contribution in [0.2, 0.25) is 0 Å². The maximum Gasteiger partial charge on any atom is 0.420 e. The molecule has 18 heavy (non-hydrogen) atoms. The molecule has 0 saturated carbocycles. The summed E-state index contributed by atoms with van der Waals surface area (Å²) in [6.07, 6.45) is -4.54. The predicted molar refractivity (Wildman–Crippen MR) is 58.9 cm³/mol. The number of rotatable bonds is 4. The van der Waals surface area contributed by atoms with Crippen molar-refractivity contribution >= 4 is 5.78 Å². The SMILES string of the molecule is COc1c(CC(C)=O)ccc(C(F)(F)F)c1OC. The van der Waals surface area contributed by atoms with Crippen LogP contribution in [0.5, 0.6) is 11.5 Å². The van der Waals surface area contributed by atoms with E-state index in [9.17, 15) is 18.0 Å². The summed E-state index contributed by atoms with van der Waals surface area (Å²) < 4.78 is 47.9. The Kier molecular flexibility index (Phi) is 4.21. The van der Waals surface area contributed by atoms with Gasteiger partial charge in [0.25, 0.3) is 0 Å². The van der Waals surface area contributed by atoms with Crippen molar-refractivity contribution in [3.63, 3.8) is 0 Å². The minimum absolute atomic E-state index is 0.00231. The number of hydrogen-bond donors (Lipinski definition) is 0. The molecule has 0 spiro atoms. The Hall–Kier alpha value is -1.72. The smallest absolute Gasteiger partial charge is 0.420 e. The summed E-state index contributed by atoms with van der Waals surface area (Å²) in [5, 5.41) is 0. The van der Waals surface area contributed by atoms with Crippen molar-refractivity contribution in [1.82, 2.24) is 0 Å². The number of hydrogen-bond acceptors (Lipinski definition) is 3. The maximum atomic E-state index is 12.7. The highest BCUT2D eigenvalue weighted by Gasteiger charge is 2.36. The number of methoxy groups -OCH3 is 2. The summed E-state index contributed by atoms with van der Waals surface area (Å²) in [4.78, 5) is 11.0. The van der Waals surface area contributed by atoms with Gasteiger partial charge in [0.15, 0.2) is 11.5 Å². The van der Waals surface area contributed by atoms with Crippen molar-refractivity contribution in [2.75, 3.05) is 14.2 Å². The summed E-state index contributed by atoms with van der Waals surface area (Å²) in [5.74, 6) is -0.624. The third-order valence-electron chi connectivity index (χ3n) is 2.35. The second-order valence-electron chi connectivity index (χ2n) is 3.72. The van der Waals surface area contributed by atoms with Gasteiger partial charge in [-0.25, -0.2) is 0 Å². The monoisotopic (exact) mass is 262 g/mol. The molecule has 0 bridgehead atoms. The average molecular weight is 262 g/mol. The lowest BCUT2D eigenvalue weighted by Crippen LogP contribution is -2.10. The third-order valence-corrected chi connectivity index (χ3v) is 2.35. The summed E-state index contributed by atoms with van der Waals surface area (Å²) in [5.41, 5.74) is -0.552. The van der Waals surface area contributed by atoms with Gasteiger partial charge in [0.05, 0.1) is 14.2 Å². The van der Waals surface area contributed by atoms with E-state index in [0.29, 0.717) is 5.56 Å². The second-order valence-corrected chi connectivity index (χ2v) is 3.72. The van der Waals surface area contributed by atoms with Crippen LogP contribution in [0, 0.1) is 0 Å². The van der Waals surface area contributed by atoms with E-state index in [0.717, 1.165) is 13.2 Å². The first kappa shape index (κ1) is 14.3. The van der Waals surface area contributed by atoms with Gasteiger partial charge in [-0.1, -0.05) is 6.07 Å². The fourth-order valence-corrected chi connectivity index (χ4v) is 1.66. The van der Waals surface area contributed by atoms with Crippen molar-refractivity contribution in [2.24, 2.45) is 0 Å². The maximum absolute atomic E-state index is 12.7. The zero-order valence-corrected chi connectivity index (χ0v) is 10.2. The molecule has 0 heterocycles. The Morgan fingerprint density at radius 2 is 1.72 bits per heavy atom. The van der Waals surface area contributed by atoms with Gasteiger partial charge in [-0.3, -0.25) is 4.79 Å². The molecule has 1 aromatic rings. The molecule has 0 amide bonds. The van der Waals surface area contributed by atoms with E-state index in [1.807, 2.05) is 0 Å². The van der Waals surface area contributed by atoms with Gasteiger partial charge in [0.2, 0.25) is 0 Å². The zero-order chi connectivity index (χ0) is 13.9. The molecule has 1 aromatic carbocycles. The molecule has 0 aliphatic rings. The van der Waals surface area contributed by atoms with Gasteiger partial charge in [-0.2, -0.15) is 13.2 Å². The van der Waals surface area contributed by atoms with E-state index in [2.05, 4.69) is 0 Å². The van der Waals surface area contributed by atoms with Crippen LogP contribution in [0.4, 0.5) is 13.2 Å². The zero-order valence-electron chi connectivity index (χ0n) is 10.2. The topological polar surface area (TPSA) is 35.5 Å². The number of ether oxygens (including phenoxy) is 2. The Morgan fingerprint density at radius 1 is 1.17 bits per heavy atom. The molecular formula is C12H13F3O3. The highest BCUT2D eigenvalue weighted by molar-refractivity contribution is 5.79. The van der Waals surface area contributed by atoms with Crippen molar-refractivity contribution < 1.29 is 27.4 Å². The number of carbonyl (C=O) groups is 1. The molecule has 0 unspecified atom stereocenters. The van der Waals surface area contributed by atoms with Gasteiger partial charge in [0, 0.05) is 12.0 Å². The summed E-state index contributed by atoms with van der Waals surface area (Å²) in [6.45, 7) is 1.35. The predicted octanol–water partition coefficient (Wildman–Crippen LogP) is 2.85. The quantitative estimate of drug-likeness (QED) is 0.837. The van der Waals surface area contributed by atoms with Crippen molar-refractivity contribution in [1.29, 1.82) is 0 Å². The number of benzene rings is 1. The van der Waals surface area contributed by atoms with Gasteiger partial charge in [-0.05, 0) is 13.0 Å². The first-order chi connectivity index (χ1) is 8.31. The molecule has 0 saturated heterocycles. The van der Waals surface area contributed by atoms with Crippen LogP contribution in [0.3, 0.4) is 0 Å². The third kappa shape index (κ3) is 2.94. The van der Waals surface area contributed by atoms with Gasteiger partial charge >= 0.3 is 6.18 Å². The lowest BCUT2D eigenvalue weighted by atomic mass is 10.0. The average Bonchev–Trinajstić information content (AvgIpc) is 2.25. The Morgan fingerprint density at radius 3 is 2.11 bits per heavy atom. The van der Waals surface area contributed by atoms with E-state index < -0.39 is 17.5 Å². The number of carbonyl (C=O) groups excluding carboxylic acids is 1. The van der Waals surface area contributed by atoms with Crippen molar-refractivity contribution in [3.05, 3.63) is 23.3 Å². The molecule has 0 fully saturated rings. The van der Waals surface area contributed by atoms with Crippen LogP contribution < -0.4 is 9.47 Å². The van der Waals surface area contributed by atoms with Gasteiger partial charge in [-0.15, -0.1) is 0 Å². The minimum atomic E-state index is -4.53. The highest BCUT2D eigenvalue weighted by atomic mass is 19.4. The first-order valence-electron chi connectivity index (χ1n) is 5.11. The van der Waals surface area contributed by atoms with Crippen LogP contribution in [0.25, 0.3) is 0 Å². The lowest BCUT2D eigenvalue weighted by Gasteiger charge is -2.17. The van der Waals surface area contributed by atoms with Crippen LogP contribution in [0.1, 0.15) is 18.1 Å². The molecular weight excluding hydrogens is 249 g/mol. The van der Waals surface area contributed by atoms with Crippen LogP contribution in [-0.4, -0.2) is 20.0 Å². The van der Waals surface area contributed by atoms with E-state index in [1.54, 1.807) is 0 Å². The highest BCUT2D eigenvalue weighted by Crippen LogP contribution is 2.43. The first-order valence-corrected chi connectivity index (χ1v) is 5.11. The van der Waals surface area contributed by atoms with Crippen molar-refractivity contribution in [3.8, 4) is 11.5 Å². The molecule has 6 heteroatoms. The Bertz CT molecular complexity index is 453. The molecule has 0 aliphatic carbocycles. The molecule has 1 rings (SSSR count). The number of ketones is 1. The summed E-state index contributed by atoms with van der Waals surface area (Å²) in [7, 11) is 2.37. The molecule has 3 nitrogen and oxygen atoms in total. The normalized spacial score (nSPS) is 11.2. The number of halogens is 3. The fourth-order valence-electron chi connectivity index (χ4n) is 1.66. The van der Waals surface area contributed by atoms with Gasteiger partial charge < -0.3 is 9.47 Å². The largest absolute Gasteiger partial charge is 0.493 e. The van der Waals surface area contributed by atoms with Gasteiger partial charge in [0.1, 0.15) is 11.3 Å². The lowest BCUT2D eigenvalue weighted by molar-refractivity contribution is -0.138. The van der Waals surface area contributed by atoms with Crippen LogP contribution in [-0.2, 0) is 17.4 Å². The van der Waals surface area contributed by atoms with Crippen LogP contribution >= 0.6 is 0 Å². The second kappa shape index (κ2) is 5.29. The molecule has 0 atom stereocenters. The molecule has 0 radical (unpaired) electrons. The summed E-state index contributed by atoms with van der Waals surface area (Å²) in [6, 6.07) is 2.12. The van der Waals surface area contributed by atoms with E-state index in [4.69, 9.17) is 9.47 Å². The van der Waals surface area contributed by atoms with Crippen molar-refractivity contribution in [2.45, 2.75) is 19.5 Å². The Labute approximate surface area is 103 Å². The van der Waals surface area contributed by atoms with E-state index >= 15 is 0 Å². The number of alkyl halides is 3. The standard InChI is InChI=1S/C12H13F3O3/c1-7(16)6-8-4-5-9(12(13,14)15)11(18-3)10(8)17-2/h4-5H,6H2,1-3H3. The Balaban J connectivity index is 3.41. The minimum Gasteiger partial charge on any atom is -0.493 e. The molecule has 0 aromatic heterocycles.